The fourth-order valence-electron chi connectivity index (χ4n) is 4.72. The zero-order valence-corrected chi connectivity index (χ0v) is 19.7. The van der Waals surface area contributed by atoms with Crippen molar-refractivity contribution in [2.45, 2.75) is 64.0 Å². The van der Waals surface area contributed by atoms with Gasteiger partial charge >= 0.3 is 6.09 Å². The standard InChI is InChI=1S/C25H33N3O6/c1-2-8-19(21(29)23-26-18-11-6-7-12-20(18)33-23)27-25(31)34-22(17-9-4-3-5-10-17)24(30)28-13-15-32-16-14-28/h6-7,11-12,17,19,22H,2-5,8-10,13-16H2,1H3,(H,27,31)/t19-,22-/m0/s1. The van der Waals surface area contributed by atoms with E-state index in [0.29, 0.717) is 50.2 Å². The predicted molar refractivity (Wildman–Crippen MR) is 124 cm³/mol. The van der Waals surface area contributed by atoms with Gasteiger partial charge in [-0.15, -0.1) is 0 Å². The molecule has 184 valence electrons. The van der Waals surface area contributed by atoms with Crippen LogP contribution in [0.1, 0.15) is 62.6 Å². The molecule has 2 aliphatic rings. The summed E-state index contributed by atoms with van der Waals surface area (Å²) in [7, 11) is 0. The topological polar surface area (TPSA) is 111 Å². The third kappa shape index (κ3) is 5.75. The van der Waals surface area contributed by atoms with E-state index in [9.17, 15) is 14.4 Å². The summed E-state index contributed by atoms with van der Waals surface area (Å²) < 4.78 is 16.7. The van der Waals surface area contributed by atoms with Crippen LogP contribution in [0, 0.1) is 5.92 Å². The molecule has 0 unspecified atom stereocenters. The molecule has 34 heavy (non-hydrogen) atoms. The molecule has 2 heterocycles. The molecule has 1 aliphatic carbocycles. The lowest BCUT2D eigenvalue weighted by molar-refractivity contribution is -0.148. The Hall–Kier alpha value is -2.94. The van der Waals surface area contributed by atoms with Gasteiger partial charge in [0.05, 0.1) is 13.2 Å². The van der Waals surface area contributed by atoms with Gasteiger partial charge in [-0.3, -0.25) is 9.59 Å². The number of hydrogen-bond acceptors (Lipinski definition) is 7. The summed E-state index contributed by atoms with van der Waals surface area (Å²) in [5, 5.41) is 2.68. The summed E-state index contributed by atoms with van der Waals surface area (Å²) in [6.45, 7) is 3.86. The van der Waals surface area contributed by atoms with Crippen molar-refractivity contribution in [2.24, 2.45) is 5.92 Å². The molecule has 2 atom stereocenters. The van der Waals surface area contributed by atoms with Crippen LogP contribution < -0.4 is 5.32 Å². The minimum absolute atomic E-state index is 0.0211. The molecular formula is C25H33N3O6. The zero-order valence-electron chi connectivity index (χ0n) is 19.7. The quantitative estimate of drug-likeness (QED) is 0.584. The molecule has 1 saturated heterocycles. The van der Waals surface area contributed by atoms with Crippen LogP contribution in [0.2, 0.25) is 0 Å². The number of benzene rings is 1. The molecule has 2 amide bonds. The Morgan fingerprint density at radius 3 is 2.59 bits per heavy atom. The van der Waals surface area contributed by atoms with Crippen molar-refractivity contribution in [3.05, 3.63) is 30.2 Å². The SMILES string of the molecule is CCC[C@H](NC(=O)O[C@H](C(=O)N1CCOCC1)C1CCCCC1)C(=O)c1nc2ccccc2o1. The van der Waals surface area contributed by atoms with E-state index >= 15 is 0 Å². The van der Waals surface area contributed by atoms with Crippen LogP contribution in [-0.4, -0.2) is 66.1 Å². The monoisotopic (exact) mass is 471 g/mol. The molecule has 2 fully saturated rings. The van der Waals surface area contributed by atoms with Gasteiger partial charge < -0.3 is 24.1 Å². The molecule has 1 N–H and O–H groups in total. The average Bonchev–Trinajstić information content (AvgIpc) is 3.32. The van der Waals surface area contributed by atoms with Crippen LogP contribution in [0.5, 0.6) is 0 Å². The molecule has 2 aromatic rings. The third-order valence-electron chi connectivity index (χ3n) is 6.57. The molecule has 0 radical (unpaired) electrons. The van der Waals surface area contributed by atoms with E-state index in [2.05, 4.69) is 10.3 Å². The second kappa shape index (κ2) is 11.5. The lowest BCUT2D eigenvalue weighted by Gasteiger charge is -2.35. The summed E-state index contributed by atoms with van der Waals surface area (Å²) in [5.41, 5.74) is 1.09. The number of carbonyl (C=O) groups is 3. The highest BCUT2D eigenvalue weighted by Crippen LogP contribution is 2.29. The number of aromatic nitrogens is 1. The molecular weight excluding hydrogens is 438 g/mol. The Labute approximate surface area is 199 Å². The van der Waals surface area contributed by atoms with Gasteiger partial charge in [0.1, 0.15) is 11.6 Å². The minimum Gasteiger partial charge on any atom is -0.436 e. The first kappa shape index (κ1) is 24.2. The fraction of sp³-hybridized carbons (Fsp3) is 0.600. The predicted octanol–water partition coefficient (Wildman–Crippen LogP) is 3.71. The summed E-state index contributed by atoms with van der Waals surface area (Å²) in [4.78, 5) is 45.3. The number of alkyl carbamates (subject to hydrolysis) is 1. The normalized spacial score (nSPS) is 18.9. The van der Waals surface area contributed by atoms with Crippen molar-refractivity contribution in [1.29, 1.82) is 0 Å². The summed E-state index contributed by atoms with van der Waals surface area (Å²) in [6, 6.07) is 6.27. The van der Waals surface area contributed by atoms with Crippen LogP contribution in [0.3, 0.4) is 0 Å². The van der Waals surface area contributed by atoms with Gasteiger partial charge in [-0.25, -0.2) is 9.78 Å². The van der Waals surface area contributed by atoms with E-state index < -0.39 is 24.0 Å². The molecule has 1 aliphatic heterocycles. The maximum Gasteiger partial charge on any atom is 0.408 e. The van der Waals surface area contributed by atoms with Gasteiger partial charge in [0.25, 0.3) is 11.8 Å². The van der Waals surface area contributed by atoms with E-state index in [4.69, 9.17) is 13.9 Å². The van der Waals surface area contributed by atoms with Gasteiger partial charge in [0, 0.05) is 19.0 Å². The number of ketones is 1. The number of para-hydroxylation sites is 2. The number of rotatable bonds is 8. The average molecular weight is 472 g/mol. The van der Waals surface area contributed by atoms with Crippen LogP contribution in [-0.2, 0) is 14.3 Å². The number of oxazole rings is 1. The molecule has 4 rings (SSSR count). The zero-order chi connectivity index (χ0) is 23.9. The van der Waals surface area contributed by atoms with Gasteiger partial charge in [0.2, 0.25) is 5.78 Å². The Morgan fingerprint density at radius 2 is 1.88 bits per heavy atom. The summed E-state index contributed by atoms with van der Waals surface area (Å²) >= 11 is 0. The van der Waals surface area contributed by atoms with Crippen molar-refractivity contribution < 1.29 is 28.3 Å². The van der Waals surface area contributed by atoms with Crippen molar-refractivity contribution in [1.82, 2.24) is 15.2 Å². The Balaban J connectivity index is 1.46. The van der Waals surface area contributed by atoms with Crippen LogP contribution in [0.15, 0.2) is 28.7 Å². The third-order valence-corrected chi connectivity index (χ3v) is 6.57. The van der Waals surface area contributed by atoms with Crippen LogP contribution >= 0.6 is 0 Å². The molecule has 1 aromatic carbocycles. The maximum absolute atomic E-state index is 13.3. The number of nitrogens with zero attached hydrogens (tertiary/aromatic N) is 2. The highest BCUT2D eigenvalue weighted by atomic mass is 16.6. The Morgan fingerprint density at radius 1 is 1.15 bits per heavy atom. The van der Waals surface area contributed by atoms with Crippen molar-refractivity contribution in [3.8, 4) is 0 Å². The molecule has 0 bridgehead atoms. The Bertz CT molecular complexity index is 960. The second-order valence-corrected chi connectivity index (χ2v) is 9.00. The highest BCUT2D eigenvalue weighted by molar-refractivity contribution is 5.99. The van der Waals surface area contributed by atoms with Gasteiger partial charge in [-0.1, -0.05) is 44.7 Å². The first-order valence-electron chi connectivity index (χ1n) is 12.3. The number of carbonyl (C=O) groups excluding carboxylic acids is 3. The maximum atomic E-state index is 13.3. The van der Waals surface area contributed by atoms with E-state index in [0.717, 1.165) is 32.1 Å². The summed E-state index contributed by atoms with van der Waals surface area (Å²) in [6.07, 6.45) is 4.27. The lowest BCUT2D eigenvalue weighted by atomic mass is 9.84. The highest BCUT2D eigenvalue weighted by Gasteiger charge is 2.37. The first-order valence-corrected chi connectivity index (χ1v) is 12.3. The Kier molecular flexibility index (Phi) is 8.16. The first-order chi connectivity index (χ1) is 16.6. The van der Waals surface area contributed by atoms with Gasteiger partial charge in [-0.05, 0) is 31.4 Å². The van der Waals surface area contributed by atoms with E-state index in [1.165, 1.54) is 0 Å². The van der Waals surface area contributed by atoms with E-state index in [1.54, 1.807) is 23.1 Å². The van der Waals surface area contributed by atoms with E-state index in [-0.39, 0.29) is 17.7 Å². The van der Waals surface area contributed by atoms with Gasteiger partial charge in [-0.2, -0.15) is 0 Å². The number of nitrogens with one attached hydrogen (secondary N) is 1. The number of Topliss-reactive ketones (excluding diaryl/α,β-unsaturated/α-hetero) is 1. The van der Waals surface area contributed by atoms with Crippen LogP contribution in [0.25, 0.3) is 11.1 Å². The number of amides is 2. The minimum atomic E-state index is -0.861. The van der Waals surface area contributed by atoms with Gasteiger partial charge in [0.15, 0.2) is 11.7 Å². The molecule has 9 heteroatoms. The fourth-order valence-corrected chi connectivity index (χ4v) is 4.72. The molecule has 0 spiro atoms. The smallest absolute Gasteiger partial charge is 0.408 e. The number of hydrogen-bond donors (Lipinski definition) is 1. The van der Waals surface area contributed by atoms with Crippen molar-refractivity contribution >= 4 is 28.9 Å². The summed E-state index contributed by atoms with van der Waals surface area (Å²) in [5.74, 6) is -0.660. The largest absolute Gasteiger partial charge is 0.436 e. The lowest BCUT2D eigenvalue weighted by Crippen LogP contribution is -2.51. The molecule has 1 saturated carbocycles. The molecule has 9 nitrogen and oxygen atoms in total. The number of fused-ring (bicyclic) bond motifs is 1. The van der Waals surface area contributed by atoms with Crippen molar-refractivity contribution in [3.63, 3.8) is 0 Å². The number of ether oxygens (including phenoxy) is 2. The van der Waals surface area contributed by atoms with Crippen LogP contribution in [0.4, 0.5) is 4.79 Å². The number of morpholine rings is 1. The van der Waals surface area contributed by atoms with Crippen molar-refractivity contribution in [2.75, 3.05) is 26.3 Å². The molecule has 1 aromatic heterocycles. The second-order valence-electron chi connectivity index (χ2n) is 9.00. The van der Waals surface area contributed by atoms with E-state index in [1.807, 2.05) is 13.0 Å².